The summed E-state index contributed by atoms with van der Waals surface area (Å²) in [5.41, 5.74) is 3.43. The molecule has 1 unspecified atom stereocenters. The molecule has 26 heavy (non-hydrogen) atoms. The fraction of sp³-hybridized carbons (Fsp3) is 0.333. The number of pyridine rings is 1. The van der Waals surface area contributed by atoms with E-state index in [2.05, 4.69) is 41.5 Å². The van der Waals surface area contributed by atoms with Gasteiger partial charge in [-0.1, -0.05) is 35.6 Å². The van der Waals surface area contributed by atoms with Gasteiger partial charge in [0.25, 0.3) is 0 Å². The zero-order valence-electron chi connectivity index (χ0n) is 15.6. The van der Waals surface area contributed by atoms with Crippen molar-refractivity contribution >= 4 is 22.9 Å². The van der Waals surface area contributed by atoms with Crippen LogP contribution in [0.5, 0.6) is 0 Å². The first-order valence-corrected chi connectivity index (χ1v) is 9.56. The number of halogens is 1. The second-order valence-electron chi connectivity index (χ2n) is 6.26. The summed E-state index contributed by atoms with van der Waals surface area (Å²) in [6, 6.07) is 3.17. The summed E-state index contributed by atoms with van der Waals surface area (Å²) in [5.74, 6) is -0.127. The van der Waals surface area contributed by atoms with Crippen molar-refractivity contribution in [2.24, 2.45) is 5.92 Å². The summed E-state index contributed by atoms with van der Waals surface area (Å²) in [5, 5.41) is 10.6. The van der Waals surface area contributed by atoms with Crippen molar-refractivity contribution in [3.8, 4) is 0 Å². The molecule has 5 heteroatoms. The van der Waals surface area contributed by atoms with E-state index in [-0.39, 0.29) is 0 Å². The molecule has 0 fully saturated rings. The Hall–Kier alpha value is -1.98. The zero-order chi connectivity index (χ0) is 18.9. The summed E-state index contributed by atoms with van der Waals surface area (Å²) in [6.45, 7) is 5.02. The van der Waals surface area contributed by atoms with Crippen LogP contribution in [0.3, 0.4) is 0 Å². The van der Waals surface area contributed by atoms with Gasteiger partial charge in [0.2, 0.25) is 5.95 Å². The van der Waals surface area contributed by atoms with Gasteiger partial charge in [0.15, 0.2) is 0 Å². The fourth-order valence-electron chi connectivity index (χ4n) is 2.75. The molecule has 1 atom stereocenters. The highest BCUT2D eigenvalue weighted by Crippen LogP contribution is 2.42. The van der Waals surface area contributed by atoms with E-state index in [1.807, 2.05) is 14.0 Å². The smallest absolute Gasteiger partial charge is 0.212 e. The minimum absolute atomic E-state index is 0.334. The molecular formula is C21H26FN3S. The number of rotatable bonds is 7. The van der Waals surface area contributed by atoms with E-state index < -0.39 is 5.95 Å². The Morgan fingerprint density at radius 2 is 2.27 bits per heavy atom. The molecule has 1 aliphatic rings. The Labute approximate surface area is 159 Å². The second kappa shape index (κ2) is 10.2. The quantitative estimate of drug-likeness (QED) is 0.502. The maximum absolute atomic E-state index is 13.1. The molecule has 0 aliphatic carbocycles. The minimum atomic E-state index is -0.461. The topological polar surface area (TPSA) is 48.8 Å². The Balaban J connectivity index is 2.23. The number of hydrogen-bond acceptors (Lipinski definition) is 4. The average Bonchev–Trinajstić information content (AvgIpc) is 2.66. The van der Waals surface area contributed by atoms with E-state index in [9.17, 15) is 4.39 Å². The Bertz CT molecular complexity index is 745. The van der Waals surface area contributed by atoms with Crippen LogP contribution < -0.4 is 5.32 Å². The van der Waals surface area contributed by atoms with Gasteiger partial charge in [-0.05, 0) is 68.1 Å². The summed E-state index contributed by atoms with van der Waals surface area (Å²) in [4.78, 5) is 6.10. The van der Waals surface area contributed by atoms with Crippen molar-refractivity contribution < 1.29 is 4.39 Å². The van der Waals surface area contributed by atoms with E-state index in [0.29, 0.717) is 5.92 Å². The zero-order valence-corrected chi connectivity index (χ0v) is 16.4. The third-order valence-corrected chi connectivity index (χ3v) is 5.46. The lowest BCUT2D eigenvalue weighted by Crippen LogP contribution is -2.20. The van der Waals surface area contributed by atoms with Crippen LogP contribution in [0.1, 0.15) is 32.3 Å². The molecule has 0 saturated carbocycles. The van der Waals surface area contributed by atoms with Gasteiger partial charge in [0.05, 0.1) is 0 Å². The lowest BCUT2D eigenvalue weighted by atomic mass is 9.96. The molecule has 2 N–H and O–H groups in total. The van der Waals surface area contributed by atoms with E-state index in [1.54, 1.807) is 24.0 Å². The lowest BCUT2D eigenvalue weighted by molar-refractivity contribution is 0.583. The van der Waals surface area contributed by atoms with Crippen molar-refractivity contribution in [2.75, 3.05) is 13.6 Å². The van der Waals surface area contributed by atoms with E-state index in [0.717, 1.165) is 29.9 Å². The highest BCUT2D eigenvalue weighted by Gasteiger charge is 2.15. The summed E-state index contributed by atoms with van der Waals surface area (Å²) >= 11 is 1.70. The molecule has 1 aromatic rings. The Morgan fingerprint density at radius 3 is 2.88 bits per heavy atom. The van der Waals surface area contributed by atoms with Crippen molar-refractivity contribution in [3.63, 3.8) is 0 Å². The van der Waals surface area contributed by atoms with Crippen molar-refractivity contribution in [2.45, 2.75) is 26.7 Å². The third-order valence-electron chi connectivity index (χ3n) is 4.35. The van der Waals surface area contributed by atoms with Crippen molar-refractivity contribution in [1.82, 2.24) is 10.3 Å². The van der Waals surface area contributed by atoms with Gasteiger partial charge in [-0.25, -0.2) is 4.98 Å². The van der Waals surface area contributed by atoms with Gasteiger partial charge in [0.1, 0.15) is 0 Å². The van der Waals surface area contributed by atoms with Crippen LogP contribution in [0.2, 0.25) is 0 Å². The first kappa shape index (κ1) is 20.3. The molecule has 1 aromatic heterocycles. The van der Waals surface area contributed by atoms with Crippen LogP contribution in [0.25, 0.3) is 4.91 Å². The van der Waals surface area contributed by atoms with E-state index in [1.165, 1.54) is 28.3 Å². The Morgan fingerprint density at radius 1 is 1.46 bits per heavy atom. The molecule has 0 saturated heterocycles. The Kier molecular flexibility index (Phi) is 8.01. The molecule has 3 nitrogen and oxygen atoms in total. The number of hydrogen-bond donors (Lipinski definition) is 2. The van der Waals surface area contributed by atoms with E-state index >= 15 is 0 Å². The maximum Gasteiger partial charge on any atom is 0.212 e. The number of aromatic nitrogens is 1. The molecule has 0 aromatic carbocycles. The molecule has 1 aliphatic heterocycles. The molecule has 2 heterocycles. The first-order chi connectivity index (χ1) is 12.6. The van der Waals surface area contributed by atoms with Crippen molar-refractivity contribution in [1.29, 1.82) is 5.41 Å². The van der Waals surface area contributed by atoms with Crippen LogP contribution in [0, 0.1) is 17.3 Å². The van der Waals surface area contributed by atoms with Gasteiger partial charge in [-0.2, -0.15) is 4.39 Å². The van der Waals surface area contributed by atoms with E-state index in [4.69, 9.17) is 5.41 Å². The fourth-order valence-corrected chi connectivity index (χ4v) is 3.86. The van der Waals surface area contributed by atoms with Crippen molar-refractivity contribution in [3.05, 3.63) is 70.2 Å². The van der Waals surface area contributed by atoms with Crippen LogP contribution in [-0.2, 0) is 0 Å². The minimum Gasteiger partial charge on any atom is -0.319 e. The normalized spacial score (nSPS) is 19.5. The molecule has 0 amide bonds. The summed E-state index contributed by atoms with van der Waals surface area (Å²) in [6.07, 6.45) is 13.3. The SMILES string of the molecule is C/C=C1\C=C(c2ccc(F)nc2)S/C(=C/C=C(\C)C(CC=N)CNC)C1. The predicted molar refractivity (Wildman–Crippen MR) is 111 cm³/mol. The predicted octanol–water partition coefficient (Wildman–Crippen LogP) is 5.35. The largest absolute Gasteiger partial charge is 0.319 e. The molecule has 138 valence electrons. The van der Waals surface area contributed by atoms with Gasteiger partial charge < -0.3 is 10.7 Å². The highest BCUT2D eigenvalue weighted by atomic mass is 32.2. The molecule has 0 radical (unpaired) electrons. The molecule has 2 rings (SSSR count). The molecule has 0 bridgehead atoms. The average molecular weight is 372 g/mol. The monoisotopic (exact) mass is 371 g/mol. The summed E-state index contributed by atoms with van der Waals surface area (Å²) < 4.78 is 13.1. The number of thioether (sulfide) groups is 1. The second-order valence-corrected chi connectivity index (χ2v) is 7.43. The van der Waals surface area contributed by atoms with Gasteiger partial charge >= 0.3 is 0 Å². The standard InChI is InChI=1S/C21H26FN3S/c1-4-16-11-19(7-5-15(2)17(9-10-23)13-24-3)26-20(12-16)18-6-8-21(22)25-14-18/h4-8,10,12,14,17,23-24H,9,11,13H2,1-3H3/b15-5+,16-4-,19-7+,23-10?. The third kappa shape index (κ3) is 5.78. The summed E-state index contributed by atoms with van der Waals surface area (Å²) in [7, 11) is 1.94. The molecular weight excluding hydrogens is 345 g/mol. The highest BCUT2D eigenvalue weighted by molar-refractivity contribution is 8.11. The maximum atomic E-state index is 13.1. The van der Waals surface area contributed by atoms with Crippen LogP contribution in [0.4, 0.5) is 4.39 Å². The lowest BCUT2D eigenvalue weighted by Gasteiger charge is -2.18. The van der Waals surface area contributed by atoms with Crippen LogP contribution >= 0.6 is 11.8 Å². The number of nitrogens with zero attached hydrogens (tertiary/aromatic N) is 1. The van der Waals surface area contributed by atoms with Crippen LogP contribution in [-0.4, -0.2) is 24.8 Å². The first-order valence-electron chi connectivity index (χ1n) is 8.75. The van der Waals surface area contributed by atoms with Crippen LogP contribution in [0.15, 0.2) is 58.7 Å². The van der Waals surface area contributed by atoms with Gasteiger partial charge in [-0.15, -0.1) is 0 Å². The van der Waals surface area contributed by atoms with Gasteiger partial charge in [-0.3, -0.25) is 0 Å². The van der Waals surface area contributed by atoms with Gasteiger partial charge in [0, 0.05) is 29.6 Å². The number of allylic oxidation sites excluding steroid dienone is 6. The number of nitrogens with one attached hydrogen (secondary N) is 2. The molecule has 0 spiro atoms.